The fourth-order valence-electron chi connectivity index (χ4n) is 1.43. The Morgan fingerprint density at radius 2 is 2.14 bits per heavy atom. The predicted octanol–water partition coefficient (Wildman–Crippen LogP) is 2.85. The summed E-state index contributed by atoms with van der Waals surface area (Å²) in [4.78, 5) is 12.3. The quantitative estimate of drug-likeness (QED) is 0.774. The number of carbonyl (C=O) groups is 1. The van der Waals surface area contributed by atoms with Crippen LogP contribution in [0.2, 0.25) is 4.34 Å². The molecular formula is C10H10ClNOS. The lowest BCUT2D eigenvalue weighted by molar-refractivity contribution is 0.0943. The Morgan fingerprint density at radius 1 is 1.43 bits per heavy atom. The Hall–Kier alpha value is -0.800. The first-order valence-corrected chi connectivity index (χ1v) is 5.66. The van der Waals surface area contributed by atoms with Crippen molar-refractivity contribution in [1.29, 1.82) is 0 Å². The molecule has 0 atom stereocenters. The van der Waals surface area contributed by atoms with Crippen LogP contribution in [0.25, 0.3) is 0 Å². The summed E-state index contributed by atoms with van der Waals surface area (Å²) in [6, 6.07) is 3.77. The van der Waals surface area contributed by atoms with E-state index >= 15 is 0 Å². The molecule has 0 fully saturated rings. The summed E-state index contributed by atoms with van der Waals surface area (Å²) in [6.07, 6.45) is 6.05. The molecule has 0 spiro atoms. The van der Waals surface area contributed by atoms with E-state index in [9.17, 15) is 4.79 Å². The van der Waals surface area contributed by atoms with Gasteiger partial charge in [-0.25, -0.2) is 0 Å². The van der Waals surface area contributed by atoms with Gasteiger partial charge in [0, 0.05) is 6.04 Å². The Bertz CT molecular complexity index is 364. The van der Waals surface area contributed by atoms with Crippen LogP contribution >= 0.6 is 22.9 Å². The van der Waals surface area contributed by atoms with Crippen molar-refractivity contribution in [3.8, 4) is 0 Å². The summed E-state index contributed by atoms with van der Waals surface area (Å²) >= 11 is 7.06. The highest BCUT2D eigenvalue weighted by Crippen LogP contribution is 2.21. The van der Waals surface area contributed by atoms with E-state index in [2.05, 4.69) is 17.5 Å². The monoisotopic (exact) mass is 227 g/mol. The minimum absolute atomic E-state index is 0.0180. The first-order chi connectivity index (χ1) is 6.75. The number of rotatable bonds is 2. The second-order valence-corrected chi connectivity index (χ2v) is 4.93. The van der Waals surface area contributed by atoms with Crippen LogP contribution in [0.3, 0.4) is 0 Å². The van der Waals surface area contributed by atoms with Crippen molar-refractivity contribution in [1.82, 2.24) is 5.32 Å². The normalized spacial score (nSPS) is 16.1. The average molecular weight is 228 g/mol. The van der Waals surface area contributed by atoms with Crippen LogP contribution in [-0.4, -0.2) is 11.9 Å². The number of amides is 1. The van der Waals surface area contributed by atoms with Gasteiger partial charge in [0.05, 0.1) is 9.21 Å². The second kappa shape index (κ2) is 4.15. The van der Waals surface area contributed by atoms with Gasteiger partial charge in [-0.1, -0.05) is 23.8 Å². The zero-order valence-corrected chi connectivity index (χ0v) is 9.07. The molecule has 4 heteroatoms. The van der Waals surface area contributed by atoms with Gasteiger partial charge in [-0.3, -0.25) is 4.79 Å². The molecule has 0 saturated carbocycles. The molecule has 1 N–H and O–H groups in total. The molecular weight excluding hydrogens is 218 g/mol. The minimum Gasteiger partial charge on any atom is -0.348 e. The van der Waals surface area contributed by atoms with Crippen LogP contribution in [0.5, 0.6) is 0 Å². The molecule has 74 valence electrons. The molecule has 0 aromatic carbocycles. The smallest absolute Gasteiger partial charge is 0.261 e. The van der Waals surface area contributed by atoms with Crippen molar-refractivity contribution in [3.63, 3.8) is 0 Å². The van der Waals surface area contributed by atoms with Crippen molar-refractivity contribution >= 4 is 28.8 Å². The molecule has 14 heavy (non-hydrogen) atoms. The molecule has 0 aliphatic heterocycles. The third kappa shape index (κ3) is 2.16. The van der Waals surface area contributed by atoms with Crippen molar-refractivity contribution in [3.05, 3.63) is 33.5 Å². The molecule has 1 heterocycles. The standard InChI is InChI=1S/C10H10ClNOS/c11-9-6-5-8(14-9)10(13)12-7-3-1-2-4-7/h1-2,5-7H,3-4H2,(H,12,13). The Balaban J connectivity index is 1.95. The fourth-order valence-corrected chi connectivity index (χ4v) is 2.37. The van der Waals surface area contributed by atoms with E-state index in [-0.39, 0.29) is 11.9 Å². The zero-order valence-electron chi connectivity index (χ0n) is 7.50. The van der Waals surface area contributed by atoms with Crippen LogP contribution < -0.4 is 5.32 Å². The molecule has 1 aliphatic rings. The SMILES string of the molecule is O=C(NC1CC=CC1)c1ccc(Cl)s1. The number of halogens is 1. The maximum atomic E-state index is 11.6. The van der Waals surface area contributed by atoms with Gasteiger partial charge >= 0.3 is 0 Å². The zero-order chi connectivity index (χ0) is 9.97. The van der Waals surface area contributed by atoms with E-state index in [1.54, 1.807) is 12.1 Å². The second-order valence-electron chi connectivity index (χ2n) is 3.22. The summed E-state index contributed by atoms with van der Waals surface area (Å²) in [5, 5.41) is 2.96. The first-order valence-electron chi connectivity index (χ1n) is 4.47. The van der Waals surface area contributed by atoms with Gasteiger partial charge in [0.2, 0.25) is 0 Å². The molecule has 2 nitrogen and oxygen atoms in total. The van der Waals surface area contributed by atoms with E-state index in [1.165, 1.54) is 11.3 Å². The van der Waals surface area contributed by atoms with Crippen LogP contribution in [0.15, 0.2) is 24.3 Å². The van der Waals surface area contributed by atoms with Gasteiger partial charge < -0.3 is 5.32 Å². The third-order valence-corrected chi connectivity index (χ3v) is 3.37. The average Bonchev–Trinajstić information content (AvgIpc) is 2.75. The van der Waals surface area contributed by atoms with Gasteiger partial charge in [0.15, 0.2) is 0 Å². The number of carbonyl (C=O) groups excluding carboxylic acids is 1. The molecule has 1 aromatic rings. The van der Waals surface area contributed by atoms with Gasteiger partial charge in [-0.15, -0.1) is 11.3 Å². The highest BCUT2D eigenvalue weighted by Gasteiger charge is 2.15. The Labute approximate surface area is 91.6 Å². The minimum atomic E-state index is -0.0180. The maximum absolute atomic E-state index is 11.6. The topological polar surface area (TPSA) is 29.1 Å². The van der Waals surface area contributed by atoms with E-state index in [1.807, 2.05) is 0 Å². The number of hydrogen-bond donors (Lipinski definition) is 1. The molecule has 0 bridgehead atoms. The van der Waals surface area contributed by atoms with Crippen molar-refractivity contribution < 1.29 is 4.79 Å². The van der Waals surface area contributed by atoms with Gasteiger partial charge in [0.1, 0.15) is 0 Å². The number of nitrogens with one attached hydrogen (secondary N) is 1. The molecule has 2 rings (SSSR count). The first kappa shape index (κ1) is 9.74. The van der Waals surface area contributed by atoms with Crippen molar-refractivity contribution in [2.75, 3.05) is 0 Å². The van der Waals surface area contributed by atoms with Crippen LogP contribution in [0.4, 0.5) is 0 Å². The maximum Gasteiger partial charge on any atom is 0.261 e. The predicted molar refractivity (Wildman–Crippen MR) is 59.0 cm³/mol. The van der Waals surface area contributed by atoms with Crippen LogP contribution in [-0.2, 0) is 0 Å². The van der Waals surface area contributed by atoms with Crippen LogP contribution in [0, 0.1) is 0 Å². The largest absolute Gasteiger partial charge is 0.348 e. The van der Waals surface area contributed by atoms with Crippen molar-refractivity contribution in [2.24, 2.45) is 0 Å². The van der Waals surface area contributed by atoms with Gasteiger partial charge in [-0.05, 0) is 25.0 Å². The van der Waals surface area contributed by atoms with Gasteiger partial charge in [0.25, 0.3) is 5.91 Å². The lowest BCUT2D eigenvalue weighted by Crippen LogP contribution is -2.32. The number of hydrogen-bond acceptors (Lipinski definition) is 2. The van der Waals surface area contributed by atoms with Crippen molar-refractivity contribution in [2.45, 2.75) is 18.9 Å². The Kier molecular flexibility index (Phi) is 2.89. The summed E-state index contributed by atoms with van der Waals surface area (Å²) in [6.45, 7) is 0. The lowest BCUT2D eigenvalue weighted by Gasteiger charge is -2.10. The highest BCUT2D eigenvalue weighted by molar-refractivity contribution is 7.17. The molecule has 1 amide bonds. The number of thiophene rings is 1. The summed E-state index contributed by atoms with van der Waals surface area (Å²) < 4.78 is 0.652. The highest BCUT2D eigenvalue weighted by atomic mass is 35.5. The third-order valence-electron chi connectivity index (χ3n) is 2.14. The van der Waals surface area contributed by atoms with E-state index in [0.29, 0.717) is 9.21 Å². The van der Waals surface area contributed by atoms with Crippen LogP contribution in [0.1, 0.15) is 22.5 Å². The summed E-state index contributed by atoms with van der Waals surface area (Å²) in [5.74, 6) is -0.0180. The Morgan fingerprint density at radius 3 is 2.71 bits per heavy atom. The van der Waals surface area contributed by atoms with E-state index < -0.39 is 0 Å². The molecule has 1 aliphatic carbocycles. The lowest BCUT2D eigenvalue weighted by atomic mass is 10.2. The molecule has 0 radical (unpaired) electrons. The summed E-state index contributed by atoms with van der Waals surface area (Å²) in [5.41, 5.74) is 0. The summed E-state index contributed by atoms with van der Waals surface area (Å²) in [7, 11) is 0. The van der Waals surface area contributed by atoms with E-state index in [0.717, 1.165) is 12.8 Å². The fraction of sp³-hybridized carbons (Fsp3) is 0.300. The molecule has 0 saturated heterocycles. The van der Waals surface area contributed by atoms with Gasteiger partial charge in [-0.2, -0.15) is 0 Å². The molecule has 1 aromatic heterocycles. The molecule has 0 unspecified atom stereocenters. The van der Waals surface area contributed by atoms with E-state index in [4.69, 9.17) is 11.6 Å².